The summed E-state index contributed by atoms with van der Waals surface area (Å²) in [6.07, 6.45) is 3.78. The normalized spacial score (nSPS) is 10.7. The molecule has 3 nitrogen and oxygen atoms in total. The molecule has 0 saturated heterocycles. The summed E-state index contributed by atoms with van der Waals surface area (Å²) in [4.78, 5) is 0. The molecule has 0 amide bonds. The van der Waals surface area contributed by atoms with Crippen molar-refractivity contribution in [3.8, 4) is 0 Å². The molecular formula is C15H15N3. The fourth-order valence-electron chi connectivity index (χ4n) is 2.05. The summed E-state index contributed by atoms with van der Waals surface area (Å²) in [6.45, 7) is 1.75. The van der Waals surface area contributed by atoms with E-state index in [2.05, 4.69) is 52.9 Å². The summed E-state index contributed by atoms with van der Waals surface area (Å²) in [5, 5.41) is 10.1. The Morgan fingerprint density at radius 1 is 1.00 bits per heavy atom. The third-order valence-electron chi connectivity index (χ3n) is 2.98. The van der Waals surface area contributed by atoms with Gasteiger partial charge >= 0.3 is 0 Å². The molecule has 0 aliphatic carbocycles. The predicted octanol–water partition coefficient (Wildman–Crippen LogP) is 3.15. The molecule has 3 heteroatoms. The van der Waals surface area contributed by atoms with Crippen LogP contribution in [-0.2, 0) is 6.54 Å². The van der Waals surface area contributed by atoms with E-state index >= 15 is 0 Å². The molecule has 1 aromatic heterocycles. The summed E-state index contributed by atoms with van der Waals surface area (Å²) >= 11 is 0. The summed E-state index contributed by atoms with van der Waals surface area (Å²) in [5.41, 5.74) is 1.15. The lowest BCUT2D eigenvalue weighted by Crippen LogP contribution is -2.10. The number of nitrogens with zero attached hydrogens (tertiary/aromatic N) is 2. The number of benzene rings is 2. The van der Waals surface area contributed by atoms with Gasteiger partial charge in [0, 0.05) is 24.6 Å². The van der Waals surface area contributed by atoms with Gasteiger partial charge in [0.25, 0.3) is 0 Å². The largest absolute Gasteiger partial charge is 0.383 e. The number of anilines is 1. The van der Waals surface area contributed by atoms with E-state index in [-0.39, 0.29) is 0 Å². The summed E-state index contributed by atoms with van der Waals surface area (Å²) in [5.74, 6) is 0. The number of nitrogens with one attached hydrogen (secondary N) is 1. The molecule has 0 unspecified atom stereocenters. The van der Waals surface area contributed by atoms with Crippen LogP contribution in [0.5, 0.6) is 0 Å². The van der Waals surface area contributed by atoms with Crippen molar-refractivity contribution >= 4 is 16.5 Å². The Morgan fingerprint density at radius 2 is 1.89 bits per heavy atom. The van der Waals surface area contributed by atoms with Crippen LogP contribution >= 0.6 is 0 Å². The van der Waals surface area contributed by atoms with Gasteiger partial charge in [-0.2, -0.15) is 5.10 Å². The molecule has 3 rings (SSSR count). The molecule has 3 aromatic rings. The second-order valence-corrected chi connectivity index (χ2v) is 4.26. The van der Waals surface area contributed by atoms with Crippen molar-refractivity contribution in [2.75, 3.05) is 11.9 Å². The van der Waals surface area contributed by atoms with Gasteiger partial charge in [-0.1, -0.05) is 30.3 Å². The molecule has 0 atom stereocenters. The van der Waals surface area contributed by atoms with Gasteiger partial charge in [-0.25, -0.2) is 0 Å². The van der Waals surface area contributed by atoms with Crippen molar-refractivity contribution in [1.29, 1.82) is 0 Å². The van der Waals surface area contributed by atoms with Crippen molar-refractivity contribution in [3.63, 3.8) is 0 Å². The summed E-state index contributed by atoms with van der Waals surface area (Å²) in [7, 11) is 0. The fourth-order valence-corrected chi connectivity index (χ4v) is 2.05. The standard InChI is InChI=1S/C15H15N3/c1-2-5-14-12-15(7-6-13(14)4-1)16-9-11-18-10-3-8-17-18/h1-8,10,12,16H,9,11H2. The maximum absolute atomic E-state index is 4.17. The zero-order valence-corrected chi connectivity index (χ0v) is 10.1. The Balaban J connectivity index is 1.67. The second-order valence-electron chi connectivity index (χ2n) is 4.26. The van der Waals surface area contributed by atoms with E-state index in [1.165, 1.54) is 10.8 Å². The zero-order valence-electron chi connectivity index (χ0n) is 10.1. The molecule has 0 aliphatic heterocycles. The summed E-state index contributed by atoms with van der Waals surface area (Å²) < 4.78 is 1.92. The molecule has 0 bridgehead atoms. The average Bonchev–Trinajstić information content (AvgIpc) is 2.92. The van der Waals surface area contributed by atoms with Crippen molar-refractivity contribution in [2.45, 2.75) is 6.54 Å². The molecule has 2 aromatic carbocycles. The first-order chi connectivity index (χ1) is 8.92. The minimum Gasteiger partial charge on any atom is -0.383 e. The minimum atomic E-state index is 0.875. The van der Waals surface area contributed by atoms with Crippen LogP contribution in [0.1, 0.15) is 0 Å². The quantitative estimate of drug-likeness (QED) is 0.755. The summed E-state index contributed by atoms with van der Waals surface area (Å²) in [6, 6.07) is 16.8. The van der Waals surface area contributed by atoms with Crippen LogP contribution in [0.3, 0.4) is 0 Å². The van der Waals surface area contributed by atoms with Crippen LogP contribution < -0.4 is 5.32 Å². The van der Waals surface area contributed by atoms with Crippen LogP contribution in [0.15, 0.2) is 60.9 Å². The Labute approximate surface area is 106 Å². The minimum absolute atomic E-state index is 0.875. The van der Waals surface area contributed by atoms with Crippen LogP contribution in [0.4, 0.5) is 5.69 Å². The van der Waals surface area contributed by atoms with Gasteiger partial charge < -0.3 is 5.32 Å². The number of hydrogen-bond donors (Lipinski definition) is 1. The van der Waals surface area contributed by atoms with E-state index in [1.54, 1.807) is 6.20 Å². The van der Waals surface area contributed by atoms with Gasteiger partial charge in [0.15, 0.2) is 0 Å². The maximum Gasteiger partial charge on any atom is 0.0582 e. The highest BCUT2D eigenvalue weighted by Gasteiger charge is 1.96. The van der Waals surface area contributed by atoms with Gasteiger partial charge in [0.1, 0.15) is 0 Å². The molecule has 0 aliphatic rings. The van der Waals surface area contributed by atoms with E-state index in [0.717, 1.165) is 18.8 Å². The molecule has 0 fully saturated rings. The van der Waals surface area contributed by atoms with Crippen molar-refractivity contribution in [3.05, 3.63) is 60.9 Å². The van der Waals surface area contributed by atoms with Crippen molar-refractivity contribution < 1.29 is 0 Å². The van der Waals surface area contributed by atoms with Crippen molar-refractivity contribution in [1.82, 2.24) is 9.78 Å². The Kier molecular flexibility index (Phi) is 2.96. The van der Waals surface area contributed by atoms with E-state index in [0.29, 0.717) is 0 Å². The number of hydrogen-bond acceptors (Lipinski definition) is 2. The third kappa shape index (κ3) is 2.35. The average molecular weight is 237 g/mol. The van der Waals surface area contributed by atoms with Crippen LogP contribution in [0, 0.1) is 0 Å². The van der Waals surface area contributed by atoms with E-state index in [1.807, 2.05) is 16.9 Å². The first-order valence-corrected chi connectivity index (χ1v) is 6.12. The van der Waals surface area contributed by atoms with Crippen LogP contribution in [0.25, 0.3) is 10.8 Å². The lowest BCUT2D eigenvalue weighted by molar-refractivity contribution is 0.638. The van der Waals surface area contributed by atoms with Gasteiger partial charge in [0.2, 0.25) is 0 Å². The van der Waals surface area contributed by atoms with E-state index < -0.39 is 0 Å². The first kappa shape index (κ1) is 10.8. The topological polar surface area (TPSA) is 29.9 Å². The molecule has 0 radical (unpaired) electrons. The molecule has 18 heavy (non-hydrogen) atoms. The highest BCUT2D eigenvalue weighted by molar-refractivity contribution is 5.85. The Morgan fingerprint density at radius 3 is 2.72 bits per heavy atom. The SMILES string of the molecule is c1ccc2cc(NCCn3cccn3)ccc2c1. The van der Waals surface area contributed by atoms with Crippen molar-refractivity contribution in [2.24, 2.45) is 0 Å². The molecule has 0 saturated carbocycles. The smallest absolute Gasteiger partial charge is 0.0582 e. The lowest BCUT2D eigenvalue weighted by atomic mass is 10.1. The Hall–Kier alpha value is -2.29. The number of fused-ring (bicyclic) bond motifs is 1. The molecule has 0 spiro atoms. The molecule has 90 valence electrons. The molecular weight excluding hydrogens is 222 g/mol. The zero-order chi connectivity index (χ0) is 12.2. The van der Waals surface area contributed by atoms with Crippen LogP contribution in [0.2, 0.25) is 0 Å². The van der Waals surface area contributed by atoms with Gasteiger partial charge in [-0.05, 0) is 29.0 Å². The number of aromatic nitrogens is 2. The first-order valence-electron chi connectivity index (χ1n) is 6.12. The lowest BCUT2D eigenvalue weighted by Gasteiger charge is -2.07. The maximum atomic E-state index is 4.17. The molecule has 1 heterocycles. The monoisotopic (exact) mass is 237 g/mol. The van der Waals surface area contributed by atoms with Crippen LogP contribution in [-0.4, -0.2) is 16.3 Å². The Bertz CT molecular complexity index is 629. The van der Waals surface area contributed by atoms with E-state index in [4.69, 9.17) is 0 Å². The van der Waals surface area contributed by atoms with Gasteiger partial charge in [-0.15, -0.1) is 0 Å². The predicted molar refractivity (Wildman–Crippen MR) is 74.7 cm³/mol. The third-order valence-corrected chi connectivity index (χ3v) is 2.98. The van der Waals surface area contributed by atoms with E-state index in [9.17, 15) is 0 Å². The van der Waals surface area contributed by atoms with Gasteiger partial charge in [0.05, 0.1) is 6.54 Å². The number of rotatable bonds is 4. The highest BCUT2D eigenvalue weighted by Crippen LogP contribution is 2.18. The van der Waals surface area contributed by atoms with Gasteiger partial charge in [-0.3, -0.25) is 4.68 Å². The highest BCUT2D eigenvalue weighted by atomic mass is 15.3. The molecule has 1 N–H and O–H groups in total. The fraction of sp³-hybridized carbons (Fsp3) is 0.133. The second kappa shape index (κ2) is 4.92.